The van der Waals surface area contributed by atoms with Gasteiger partial charge in [-0.15, -0.1) is 0 Å². The Kier molecular flexibility index (Phi) is 5.91. The number of rotatable bonds is 4. The molecule has 0 N–H and O–H groups in total. The normalized spacial score (nSPS) is 19.9. The maximum Gasteiger partial charge on any atom is 0.265 e. The number of ether oxygens (including phenoxy) is 1. The quantitative estimate of drug-likeness (QED) is 0.649. The first kappa shape index (κ1) is 22.6. The Morgan fingerprint density at radius 3 is 2.19 bits per heavy atom. The first-order chi connectivity index (χ1) is 15.1. The van der Waals surface area contributed by atoms with E-state index in [0.717, 1.165) is 11.8 Å². The zero-order chi connectivity index (χ0) is 23.1. The molecule has 0 aromatic heterocycles. The van der Waals surface area contributed by atoms with Crippen molar-refractivity contribution in [2.75, 3.05) is 43.3 Å². The number of para-hydroxylation sites is 2. The lowest BCUT2D eigenvalue weighted by molar-refractivity contribution is -0.139. The van der Waals surface area contributed by atoms with Crippen molar-refractivity contribution in [3.05, 3.63) is 54.1 Å². The van der Waals surface area contributed by atoms with Gasteiger partial charge in [0.25, 0.3) is 5.91 Å². The molecule has 11 heteroatoms. The number of sulfonamides is 2. The molecule has 0 bridgehead atoms. The Morgan fingerprint density at radius 1 is 0.938 bits per heavy atom. The molecule has 1 saturated heterocycles. The van der Waals surface area contributed by atoms with Gasteiger partial charge < -0.3 is 9.64 Å². The molecule has 172 valence electrons. The van der Waals surface area contributed by atoms with E-state index in [1.165, 1.54) is 13.5 Å². The topological polar surface area (TPSA) is 104 Å². The molecule has 32 heavy (non-hydrogen) atoms. The van der Waals surface area contributed by atoms with Gasteiger partial charge in [-0.2, -0.15) is 4.31 Å². The van der Waals surface area contributed by atoms with Gasteiger partial charge in [0.05, 0.1) is 23.4 Å². The van der Waals surface area contributed by atoms with Crippen LogP contribution < -0.4 is 9.04 Å². The SMILES string of the molecule is Cc1ccc(S(=O)(=O)N2CCN(C(=O)[C@H]3CN(S(C)(=O)=O)c4ccccc4O3)CC2)cc1. The highest BCUT2D eigenvalue weighted by molar-refractivity contribution is 7.92. The molecule has 0 aliphatic carbocycles. The van der Waals surface area contributed by atoms with Gasteiger partial charge in [0.1, 0.15) is 5.75 Å². The summed E-state index contributed by atoms with van der Waals surface area (Å²) in [6, 6.07) is 13.3. The summed E-state index contributed by atoms with van der Waals surface area (Å²) in [5.74, 6) is -0.0383. The zero-order valence-corrected chi connectivity index (χ0v) is 19.5. The predicted octanol–water partition coefficient (Wildman–Crippen LogP) is 1.06. The van der Waals surface area contributed by atoms with E-state index in [-0.39, 0.29) is 43.5 Å². The monoisotopic (exact) mass is 479 g/mol. The van der Waals surface area contributed by atoms with Crippen LogP contribution in [0.5, 0.6) is 5.75 Å². The van der Waals surface area contributed by atoms with Crippen LogP contribution >= 0.6 is 0 Å². The maximum atomic E-state index is 13.1. The molecule has 0 unspecified atom stereocenters. The number of nitrogens with zero attached hydrogens (tertiary/aromatic N) is 3. The van der Waals surface area contributed by atoms with Gasteiger partial charge in [-0.05, 0) is 31.2 Å². The lowest BCUT2D eigenvalue weighted by atomic mass is 10.2. The molecule has 2 aromatic rings. The molecule has 1 amide bonds. The summed E-state index contributed by atoms with van der Waals surface area (Å²) in [6.07, 6.45) is 0.0885. The lowest BCUT2D eigenvalue weighted by Crippen LogP contribution is -2.56. The molecule has 2 aliphatic heterocycles. The van der Waals surface area contributed by atoms with Crippen LogP contribution in [0.3, 0.4) is 0 Å². The Hall–Kier alpha value is -2.63. The van der Waals surface area contributed by atoms with Crippen LogP contribution in [-0.2, 0) is 24.8 Å². The fraction of sp³-hybridized carbons (Fsp3) is 0.381. The molecule has 0 spiro atoms. The first-order valence-corrected chi connectivity index (χ1v) is 13.5. The average Bonchev–Trinajstić information content (AvgIpc) is 2.77. The number of anilines is 1. The third-order valence-corrected chi connectivity index (χ3v) is 8.68. The van der Waals surface area contributed by atoms with E-state index in [9.17, 15) is 21.6 Å². The second-order valence-corrected chi connectivity index (χ2v) is 11.8. The van der Waals surface area contributed by atoms with Gasteiger partial charge in [-0.1, -0.05) is 29.8 Å². The Balaban J connectivity index is 1.46. The van der Waals surface area contributed by atoms with Crippen LogP contribution in [0, 0.1) is 6.92 Å². The standard InChI is InChI=1S/C21H25N3O6S2/c1-16-7-9-17(10-8-16)32(28,29)23-13-11-22(12-14-23)21(25)20-15-24(31(2,26)27)18-5-3-4-6-19(18)30-20/h3-10,20H,11-15H2,1-2H3/t20-/m1/s1. The highest BCUT2D eigenvalue weighted by Crippen LogP contribution is 2.35. The minimum absolute atomic E-state index is 0.128. The number of piperazine rings is 1. The third-order valence-electron chi connectivity index (χ3n) is 5.62. The molecular weight excluding hydrogens is 454 g/mol. The molecule has 0 radical (unpaired) electrons. The number of benzene rings is 2. The van der Waals surface area contributed by atoms with Crippen molar-refractivity contribution in [1.29, 1.82) is 0 Å². The van der Waals surface area contributed by atoms with Crippen LogP contribution in [-0.4, -0.2) is 77.0 Å². The zero-order valence-electron chi connectivity index (χ0n) is 17.8. The number of amides is 1. The highest BCUT2D eigenvalue weighted by Gasteiger charge is 2.38. The summed E-state index contributed by atoms with van der Waals surface area (Å²) in [4.78, 5) is 14.9. The van der Waals surface area contributed by atoms with E-state index in [1.54, 1.807) is 48.5 Å². The summed E-state index contributed by atoms with van der Waals surface area (Å²) < 4.78 is 58.7. The van der Waals surface area contributed by atoms with E-state index >= 15 is 0 Å². The number of aryl methyl sites for hydroxylation is 1. The summed E-state index contributed by atoms with van der Waals surface area (Å²) >= 11 is 0. The smallest absolute Gasteiger partial charge is 0.265 e. The van der Waals surface area contributed by atoms with Crippen LogP contribution in [0.1, 0.15) is 5.56 Å². The fourth-order valence-electron chi connectivity index (χ4n) is 3.86. The number of hydrogen-bond acceptors (Lipinski definition) is 6. The Bertz CT molecular complexity index is 1220. The van der Waals surface area contributed by atoms with Crippen molar-refractivity contribution in [3.8, 4) is 5.75 Å². The number of fused-ring (bicyclic) bond motifs is 1. The molecule has 2 heterocycles. The molecule has 0 saturated carbocycles. The van der Waals surface area contributed by atoms with Crippen molar-refractivity contribution in [2.24, 2.45) is 0 Å². The minimum atomic E-state index is -3.64. The van der Waals surface area contributed by atoms with E-state index < -0.39 is 26.2 Å². The molecule has 1 fully saturated rings. The van der Waals surface area contributed by atoms with Crippen molar-refractivity contribution in [2.45, 2.75) is 17.9 Å². The molecule has 2 aliphatic rings. The second kappa shape index (κ2) is 8.38. The van der Waals surface area contributed by atoms with Crippen molar-refractivity contribution < 1.29 is 26.4 Å². The molecule has 2 aromatic carbocycles. The van der Waals surface area contributed by atoms with Crippen LogP contribution in [0.15, 0.2) is 53.4 Å². The third kappa shape index (κ3) is 4.32. The van der Waals surface area contributed by atoms with Crippen LogP contribution in [0.25, 0.3) is 0 Å². The maximum absolute atomic E-state index is 13.1. The Labute approximate surface area is 188 Å². The van der Waals surface area contributed by atoms with Gasteiger partial charge in [0.2, 0.25) is 20.0 Å². The Morgan fingerprint density at radius 2 is 1.56 bits per heavy atom. The van der Waals surface area contributed by atoms with Gasteiger partial charge in [-0.3, -0.25) is 9.10 Å². The van der Waals surface area contributed by atoms with Crippen molar-refractivity contribution in [1.82, 2.24) is 9.21 Å². The molecule has 1 atom stereocenters. The van der Waals surface area contributed by atoms with Crippen LogP contribution in [0.2, 0.25) is 0 Å². The highest BCUT2D eigenvalue weighted by atomic mass is 32.2. The number of carbonyl (C=O) groups excluding carboxylic acids is 1. The first-order valence-electron chi connectivity index (χ1n) is 10.2. The van der Waals surface area contributed by atoms with E-state index in [0.29, 0.717) is 11.4 Å². The van der Waals surface area contributed by atoms with Crippen LogP contribution in [0.4, 0.5) is 5.69 Å². The van der Waals surface area contributed by atoms with Gasteiger partial charge in [-0.25, -0.2) is 16.8 Å². The molecular formula is C21H25N3O6S2. The van der Waals surface area contributed by atoms with E-state index in [1.807, 2.05) is 6.92 Å². The summed E-state index contributed by atoms with van der Waals surface area (Å²) in [5.41, 5.74) is 1.37. The van der Waals surface area contributed by atoms with Gasteiger partial charge >= 0.3 is 0 Å². The molecule has 4 rings (SSSR count). The van der Waals surface area contributed by atoms with Crippen molar-refractivity contribution >= 4 is 31.6 Å². The van der Waals surface area contributed by atoms with Gasteiger partial charge in [0.15, 0.2) is 6.10 Å². The lowest BCUT2D eigenvalue weighted by Gasteiger charge is -2.39. The minimum Gasteiger partial charge on any atom is -0.476 e. The largest absolute Gasteiger partial charge is 0.476 e. The van der Waals surface area contributed by atoms with Crippen molar-refractivity contribution in [3.63, 3.8) is 0 Å². The summed E-state index contributed by atoms with van der Waals surface area (Å²) in [5, 5.41) is 0. The summed E-state index contributed by atoms with van der Waals surface area (Å²) in [6.45, 7) is 2.46. The number of hydrogen-bond donors (Lipinski definition) is 0. The summed E-state index contributed by atoms with van der Waals surface area (Å²) in [7, 11) is -7.25. The molecule has 9 nitrogen and oxygen atoms in total. The average molecular weight is 480 g/mol. The predicted molar refractivity (Wildman–Crippen MR) is 120 cm³/mol. The van der Waals surface area contributed by atoms with Gasteiger partial charge in [0, 0.05) is 26.2 Å². The number of carbonyl (C=O) groups is 1. The van der Waals surface area contributed by atoms with E-state index in [2.05, 4.69) is 0 Å². The second-order valence-electron chi connectivity index (χ2n) is 7.91. The fourth-order valence-corrected chi connectivity index (χ4v) is 6.19. The van der Waals surface area contributed by atoms with E-state index in [4.69, 9.17) is 4.74 Å².